The van der Waals surface area contributed by atoms with Crippen LogP contribution < -0.4 is 10.2 Å². The molecule has 0 bridgehead atoms. The van der Waals surface area contributed by atoms with Crippen molar-refractivity contribution in [2.24, 2.45) is 0 Å². The molecule has 10 heteroatoms. The SMILES string of the molecule is COC(=O)C1=C(C(=O)OC)N(c2cc(C(=O)Nc3ccc(O)c(C(=O)O)c3)ccc2C)C=CC=C1. The Morgan fingerprint density at radius 1 is 0.943 bits per heavy atom. The Morgan fingerprint density at radius 3 is 2.31 bits per heavy atom. The highest BCUT2D eigenvalue weighted by Crippen LogP contribution is 2.30. The molecule has 1 aliphatic rings. The average Bonchev–Trinajstić information content (AvgIpc) is 3.07. The van der Waals surface area contributed by atoms with E-state index in [0.29, 0.717) is 11.3 Å². The minimum Gasteiger partial charge on any atom is -0.507 e. The van der Waals surface area contributed by atoms with Gasteiger partial charge in [-0.2, -0.15) is 0 Å². The van der Waals surface area contributed by atoms with Gasteiger partial charge in [0.15, 0.2) is 0 Å². The van der Waals surface area contributed by atoms with Crippen molar-refractivity contribution in [3.63, 3.8) is 0 Å². The van der Waals surface area contributed by atoms with Gasteiger partial charge in [0, 0.05) is 23.1 Å². The molecule has 0 spiro atoms. The number of carbonyl (C=O) groups is 4. The molecule has 180 valence electrons. The summed E-state index contributed by atoms with van der Waals surface area (Å²) in [4.78, 5) is 50.7. The third-order valence-corrected chi connectivity index (χ3v) is 5.10. The normalized spacial score (nSPS) is 12.7. The van der Waals surface area contributed by atoms with Crippen molar-refractivity contribution < 1.29 is 38.9 Å². The number of aryl methyl sites for hydroxylation is 1. The highest BCUT2D eigenvalue weighted by atomic mass is 16.5. The molecule has 3 N–H and O–H groups in total. The molecule has 3 rings (SSSR count). The van der Waals surface area contributed by atoms with E-state index in [4.69, 9.17) is 9.47 Å². The van der Waals surface area contributed by atoms with E-state index in [2.05, 4.69) is 5.32 Å². The quantitative estimate of drug-likeness (QED) is 0.421. The zero-order chi connectivity index (χ0) is 25.7. The Balaban J connectivity index is 2.04. The van der Waals surface area contributed by atoms with Gasteiger partial charge in [0.05, 0.1) is 19.8 Å². The number of hydrogen-bond acceptors (Lipinski definition) is 8. The molecule has 35 heavy (non-hydrogen) atoms. The fourth-order valence-corrected chi connectivity index (χ4v) is 3.35. The molecule has 0 atom stereocenters. The molecular formula is C25H22N2O8. The molecule has 0 radical (unpaired) electrons. The lowest BCUT2D eigenvalue weighted by Crippen LogP contribution is -2.27. The fourth-order valence-electron chi connectivity index (χ4n) is 3.35. The number of nitrogens with zero attached hydrogens (tertiary/aromatic N) is 1. The molecular weight excluding hydrogens is 456 g/mol. The van der Waals surface area contributed by atoms with Gasteiger partial charge in [0.1, 0.15) is 17.0 Å². The lowest BCUT2D eigenvalue weighted by atomic mass is 10.1. The number of rotatable bonds is 6. The van der Waals surface area contributed by atoms with Crippen LogP contribution in [0.25, 0.3) is 0 Å². The van der Waals surface area contributed by atoms with Gasteiger partial charge >= 0.3 is 17.9 Å². The summed E-state index contributed by atoms with van der Waals surface area (Å²) >= 11 is 0. The molecule has 1 amide bonds. The number of aromatic hydroxyl groups is 1. The zero-order valence-electron chi connectivity index (χ0n) is 19.1. The summed E-state index contributed by atoms with van der Waals surface area (Å²) in [5, 5.41) is 21.4. The molecule has 2 aromatic carbocycles. The minimum absolute atomic E-state index is 0.0381. The van der Waals surface area contributed by atoms with Crippen LogP contribution in [0.4, 0.5) is 11.4 Å². The van der Waals surface area contributed by atoms with Crippen molar-refractivity contribution in [2.75, 3.05) is 24.4 Å². The van der Waals surface area contributed by atoms with Gasteiger partial charge < -0.3 is 29.9 Å². The van der Waals surface area contributed by atoms with Crippen LogP contribution in [-0.2, 0) is 19.1 Å². The first-order valence-corrected chi connectivity index (χ1v) is 10.2. The first kappa shape index (κ1) is 24.8. The van der Waals surface area contributed by atoms with E-state index in [9.17, 15) is 29.4 Å². The van der Waals surface area contributed by atoms with Gasteiger partial charge in [-0.15, -0.1) is 0 Å². The number of allylic oxidation sites excluding steroid dienone is 2. The van der Waals surface area contributed by atoms with Crippen LogP contribution in [0.5, 0.6) is 5.75 Å². The number of aromatic carboxylic acids is 1. The third kappa shape index (κ3) is 5.22. The smallest absolute Gasteiger partial charge is 0.355 e. The van der Waals surface area contributed by atoms with Crippen LogP contribution in [0, 0.1) is 6.92 Å². The number of methoxy groups -OCH3 is 2. The molecule has 0 unspecified atom stereocenters. The number of anilines is 2. The number of carboxylic acids is 1. The summed E-state index contributed by atoms with van der Waals surface area (Å²) < 4.78 is 9.71. The molecule has 0 aliphatic carbocycles. The number of nitrogens with one attached hydrogen (secondary N) is 1. The van der Waals surface area contributed by atoms with Crippen molar-refractivity contribution in [1.29, 1.82) is 0 Å². The van der Waals surface area contributed by atoms with Crippen molar-refractivity contribution >= 4 is 35.2 Å². The molecule has 0 saturated carbocycles. The predicted octanol–water partition coefficient (Wildman–Crippen LogP) is 3.14. The molecule has 0 aromatic heterocycles. The van der Waals surface area contributed by atoms with E-state index >= 15 is 0 Å². The Kier molecular flexibility index (Phi) is 7.35. The summed E-state index contributed by atoms with van der Waals surface area (Å²) in [5.41, 5.74) is 0.934. The van der Waals surface area contributed by atoms with Crippen LogP contribution in [0.15, 0.2) is 72.1 Å². The molecule has 0 saturated heterocycles. The maximum atomic E-state index is 12.9. The number of benzene rings is 2. The standard InChI is InChI=1S/C25H22N2O8/c1-14-7-8-15(22(29)26-16-9-10-20(28)18(13-16)23(30)31)12-19(14)27-11-5-4-6-17(24(32)34-2)21(27)25(33)35-3/h4-13,28H,1-3H3,(H,26,29)(H,30,31). The van der Waals surface area contributed by atoms with E-state index in [-0.39, 0.29) is 28.1 Å². The summed E-state index contributed by atoms with van der Waals surface area (Å²) in [5.74, 6) is -3.88. The van der Waals surface area contributed by atoms with Gasteiger partial charge in [-0.3, -0.25) is 4.79 Å². The highest BCUT2D eigenvalue weighted by Gasteiger charge is 2.28. The monoisotopic (exact) mass is 478 g/mol. The third-order valence-electron chi connectivity index (χ3n) is 5.10. The number of carboxylic acid groups (broad SMARTS) is 1. The summed E-state index contributed by atoms with van der Waals surface area (Å²) in [6.45, 7) is 1.76. The Bertz CT molecular complexity index is 1310. The molecule has 1 heterocycles. The van der Waals surface area contributed by atoms with E-state index in [1.54, 1.807) is 37.4 Å². The van der Waals surface area contributed by atoms with Crippen LogP contribution in [-0.4, -0.2) is 48.2 Å². The molecule has 2 aromatic rings. The second-order valence-corrected chi connectivity index (χ2v) is 7.31. The predicted molar refractivity (Wildman–Crippen MR) is 126 cm³/mol. The van der Waals surface area contributed by atoms with Gasteiger partial charge in [0.25, 0.3) is 5.91 Å². The summed E-state index contributed by atoms with van der Waals surface area (Å²) in [6.07, 6.45) is 6.13. The second kappa shape index (κ2) is 10.4. The van der Waals surface area contributed by atoms with Gasteiger partial charge in [0.2, 0.25) is 0 Å². The zero-order valence-corrected chi connectivity index (χ0v) is 19.1. The van der Waals surface area contributed by atoms with Crippen molar-refractivity contribution in [1.82, 2.24) is 0 Å². The number of hydrogen-bond donors (Lipinski definition) is 3. The number of phenols is 1. The fraction of sp³-hybridized carbons (Fsp3) is 0.120. The van der Waals surface area contributed by atoms with Crippen molar-refractivity contribution in [3.05, 3.63) is 88.8 Å². The maximum absolute atomic E-state index is 12.9. The average molecular weight is 478 g/mol. The van der Waals surface area contributed by atoms with E-state index in [1.165, 1.54) is 37.3 Å². The van der Waals surface area contributed by atoms with Crippen LogP contribution in [0.3, 0.4) is 0 Å². The first-order chi connectivity index (χ1) is 16.7. The van der Waals surface area contributed by atoms with E-state index in [1.807, 2.05) is 0 Å². The van der Waals surface area contributed by atoms with Gasteiger partial charge in [-0.25, -0.2) is 14.4 Å². The number of amides is 1. The van der Waals surface area contributed by atoms with Gasteiger partial charge in [-0.05, 0) is 55.0 Å². The lowest BCUT2D eigenvalue weighted by molar-refractivity contribution is -0.139. The van der Waals surface area contributed by atoms with Crippen molar-refractivity contribution in [2.45, 2.75) is 6.92 Å². The highest BCUT2D eigenvalue weighted by molar-refractivity contribution is 6.08. The summed E-state index contributed by atoms with van der Waals surface area (Å²) in [7, 11) is 2.37. The Morgan fingerprint density at radius 2 is 1.66 bits per heavy atom. The number of esters is 2. The second-order valence-electron chi connectivity index (χ2n) is 7.31. The van der Waals surface area contributed by atoms with Crippen molar-refractivity contribution in [3.8, 4) is 5.75 Å². The Labute approximate surface area is 200 Å². The number of carbonyl (C=O) groups excluding carboxylic acids is 3. The van der Waals surface area contributed by atoms with Crippen LogP contribution >= 0.6 is 0 Å². The largest absolute Gasteiger partial charge is 0.507 e. The van der Waals surface area contributed by atoms with E-state index in [0.717, 1.165) is 12.1 Å². The van der Waals surface area contributed by atoms with Gasteiger partial charge in [-0.1, -0.05) is 12.1 Å². The molecule has 1 aliphatic heterocycles. The number of ether oxygens (including phenoxy) is 2. The Hall–Kier alpha value is -4.86. The lowest BCUT2D eigenvalue weighted by Gasteiger charge is -2.25. The van der Waals surface area contributed by atoms with Crippen LogP contribution in [0.1, 0.15) is 26.3 Å². The summed E-state index contributed by atoms with van der Waals surface area (Å²) in [6, 6.07) is 8.37. The molecule has 0 fully saturated rings. The topological polar surface area (TPSA) is 142 Å². The van der Waals surface area contributed by atoms with Crippen LogP contribution in [0.2, 0.25) is 0 Å². The first-order valence-electron chi connectivity index (χ1n) is 10.2. The maximum Gasteiger partial charge on any atom is 0.355 e. The van der Waals surface area contributed by atoms with E-state index < -0.39 is 29.6 Å². The minimum atomic E-state index is -1.35. The molecule has 10 nitrogen and oxygen atoms in total.